The summed E-state index contributed by atoms with van der Waals surface area (Å²) in [7, 11) is 0. The molecule has 106 valence electrons. The van der Waals surface area contributed by atoms with E-state index in [0.717, 1.165) is 32.3 Å². The molecule has 1 aromatic heterocycles. The molecule has 0 aromatic carbocycles. The number of aromatic nitrogens is 2. The fourth-order valence-corrected chi connectivity index (χ4v) is 3.44. The number of nitrogens with two attached hydrogens (primary N) is 1. The van der Waals surface area contributed by atoms with Crippen LogP contribution in [-0.4, -0.2) is 22.9 Å². The highest BCUT2D eigenvalue weighted by Crippen LogP contribution is 2.37. The van der Waals surface area contributed by atoms with E-state index in [1.165, 1.54) is 6.42 Å². The van der Waals surface area contributed by atoms with Crippen LogP contribution in [0.1, 0.15) is 63.6 Å². The second-order valence-electron chi connectivity index (χ2n) is 6.28. The van der Waals surface area contributed by atoms with Crippen molar-refractivity contribution in [3.63, 3.8) is 0 Å². The van der Waals surface area contributed by atoms with E-state index in [9.17, 15) is 0 Å². The number of nitrogens with zero attached hydrogens (tertiary/aromatic N) is 2. The highest BCUT2D eigenvalue weighted by Gasteiger charge is 2.38. The fourth-order valence-electron chi connectivity index (χ4n) is 3.44. The van der Waals surface area contributed by atoms with Gasteiger partial charge in [0.1, 0.15) is 0 Å². The molecule has 1 saturated carbocycles. The van der Waals surface area contributed by atoms with E-state index in [-0.39, 0.29) is 12.0 Å². The highest BCUT2D eigenvalue weighted by atomic mass is 16.5. The zero-order valence-electron chi connectivity index (χ0n) is 11.8. The van der Waals surface area contributed by atoms with Gasteiger partial charge in [-0.3, -0.25) is 0 Å². The molecule has 19 heavy (non-hydrogen) atoms. The summed E-state index contributed by atoms with van der Waals surface area (Å²) in [4.78, 5) is 4.59. The van der Waals surface area contributed by atoms with Gasteiger partial charge in [0, 0.05) is 6.61 Å². The van der Waals surface area contributed by atoms with E-state index in [2.05, 4.69) is 24.0 Å². The molecule has 1 aliphatic carbocycles. The van der Waals surface area contributed by atoms with Crippen LogP contribution in [0.3, 0.4) is 0 Å². The molecule has 4 unspecified atom stereocenters. The predicted octanol–water partition coefficient (Wildman–Crippen LogP) is 2.33. The van der Waals surface area contributed by atoms with Crippen molar-refractivity contribution in [3.05, 3.63) is 11.7 Å². The summed E-state index contributed by atoms with van der Waals surface area (Å²) in [5.41, 5.74) is 6.10. The van der Waals surface area contributed by atoms with E-state index < -0.39 is 5.54 Å². The molecule has 0 spiro atoms. The van der Waals surface area contributed by atoms with Crippen LogP contribution in [-0.2, 0) is 10.3 Å². The summed E-state index contributed by atoms with van der Waals surface area (Å²) in [5, 5.41) is 4.16. The smallest absolute Gasteiger partial charge is 0.232 e. The largest absolute Gasteiger partial charge is 0.378 e. The molecule has 1 aliphatic heterocycles. The van der Waals surface area contributed by atoms with Gasteiger partial charge >= 0.3 is 0 Å². The average molecular weight is 265 g/mol. The molecule has 0 amide bonds. The maximum Gasteiger partial charge on any atom is 0.232 e. The molecule has 4 atom stereocenters. The predicted molar refractivity (Wildman–Crippen MR) is 70.6 cm³/mol. The normalized spacial score (nSPS) is 39.6. The van der Waals surface area contributed by atoms with Crippen molar-refractivity contribution in [2.75, 3.05) is 6.61 Å². The van der Waals surface area contributed by atoms with Crippen molar-refractivity contribution in [1.29, 1.82) is 0 Å². The van der Waals surface area contributed by atoms with E-state index >= 15 is 0 Å². The molecule has 2 heterocycles. The van der Waals surface area contributed by atoms with Crippen molar-refractivity contribution in [1.82, 2.24) is 10.1 Å². The standard InChI is InChI=1S/C14H23N3O2/c1-9-4-3-6-14(15,8-9)13-16-12(19-17-13)11-5-7-18-10(11)2/h9-11H,3-8,15H2,1-2H3. The lowest BCUT2D eigenvalue weighted by molar-refractivity contribution is 0.113. The average Bonchev–Trinajstić information content (AvgIpc) is 2.96. The van der Waals surface area contributed by atoms with Gasteiger partial charge in [0.2, 0.25) is 5.89 Å². The van der Waals surface area contributed by atoms with E-state index in [1.807, 2.05) is 0 Å². The number of ether oxygens (including phenoxy) is 1. The van der Waals surface area contributed by atoms with Crippen LogP contribution in [0.5, 0.6) is 0 Å². The van der Waals surface area contributed by atoms with Crippen LogP contribution in [0.15, 0.2) is 4.52 Å². The number of rotatable bonds is 2. The lowest BCUT2D eigenvalue weighted by Crippen LogP contribution is -2.42. The Morgan fingerprint density at radius 3 is 2.84 bits per heavy atom. The summed E-state index contributed by atoms with van der Waals surface area (Å²) in [6.45, 7) is 5.07. The van der Waals surface area contributed by atoms with Crippen LogP contribution in [0, 0.1) is 5.92 Å². The third kappa shape index (κ3) is 2.41. The van der Waals surface area contributed by atoms with E-state index in [4.69, 9.17) is 15.0 Å². The van der Waals surface area contributed by atoms with Crippen molar-refractivity contribution in [2.24, 2.45) is 11.7 Å². The first-order chi connectivity index (χ1) is 9.08. The lowest BCUT2D eigenvalue weighted by Gasteiger charge is -2.33. The summed E-state index contributed by atoms with van der Waals surface area (Å²) < 4.78 is 11.0. The lowest BCUT2D eigenvalue weighted by atomic mass is 9.76. The molecule has 3 rings (SSSR count). The van der Waals surface area contributed by atoms with Crippen LogP contribution >= 0.6 is 0 Å². The Morgan fingerprint density at radius 1 is 1.32 bits per heavy atom. The van der Waals surface area contributed by atoms with Crippen molar-refractivity contribution in [2.45, 2.75) is 63.5 Å². The number of hydrogen-bond acceptors (Lipinski definition) is 5. The Labute approximate surface area is 113 Å². The van der Waals surface area contributed by atoms with Crippen molar-refractivity contribution >= 4 is 0 Å². The van der Waals surface area contributed by atoms with Crippen LogP contribution in [0.4, 0.5) is 0 Å². The minimum absolute atomic E-state index is 0.160. The van der Waals surface area contributed by atoms with Crippen LogP contribution in [0.25, 0.3) is 0 Å². The molecule has 2 fully saturated rings. The van der Waals surface area contributed by atoms with E-state index in [0.29, 0.717) is 17.6 Å². The van der Waals surface area contributed by atoms with Gasteiger partial charge in [0.05, 0.1) is 17.6 Å². The Kier molecular flexibility index (Phi) is 3.35. The molecular weight excluding hydrogens is 242 g/mol. The Balaban J connectivity index is 1.80. The molecule has 2 N–H and O–H groups in total. The van der Waals surface area contributed by atoms with Gasteiger partial charge in [-0.2, -0.15) is 4.98 Å². The van der Waals surface area contributed by atoms with Crippen LogP contribution in [0.2, 0.25) is 0 Å². The van der Waals surface area contributed by atoms with Gasteiger partial charge < -0.3 is 15.0 Å². The highest BCUT2D eigenvalue weighted by molar-refractivity contribution is 5.08. The first-order valence-corrected chi connectivity index (χ1v) is 7.33. The summed E-state index contributed by atoms with van der Waals surface area (Å²) in [6, 6.07) is 0. The summed E-state index contributed by atoms with van der Waals surface area (Å²) >= 11 is 0. The summed E-state index contributed by atoms with van der Waals surface area (Å²) in [5.74, 6) is 2.25. The zero-order valence-corrected chi connectivity index (χ0v) is 11.8. The third-order valence-electron chi connectivity index (χ3n) is 4.61. The quantitative estimate of drug-likeness (QED) is 0.888. The van der Waals surface area contributed by atoms with E-state index in [1.54, 1.807) is 0 Å². The Hall–Kier alpha value is -0.940. The molecule has 0 radical (unpaired) electrons. The van der Waals surface area contributed by atoms with Gasteiger partial charge in [-0.25, -0.2) is 0 Å². The van der Waals surface area contributed by atoms with Gasteiger partial charge in [0.15, 0.2) is 5.82 Å². The third-order valence-corrected chi connectivity index (χ3v) is 4.61. The molecule has 2 aliphatic rings. The second kappa shape index (κ2) is 4.87. The minimum Gasteiger partial charge on any atom is -0.378 e. The fraction of sp³-hybridized carbons (Fsp3) is 0.857. The van der Waals surface area contributed by atoms with Crippen molar-refractivity contribution < 1.29 is 9.26 Å². The molecule has 1 saturated heterocycles. The first kappa shape index (κ1) is 13.1. The van der Waals surface area contributed by atoms with Crippen LogP contribution < -0.4 is 5.73 Å². The molecular formula is C14H23N3O2. The zero-order chi connectivity index (χ0) is 13.5. The maximum atomic E-state index is 6.50. The minimum atomic E-state index is -0.401. The molecule has 5 heteroatoms. The van der Waals surface area contributed by atoms with Gasteiger partial charge in [-0.1, -0.05) is 24.9 Å². The monoisotopic (exact) mass is 265 g/mol. The Morgan fingerprint density at radius 2 is 2.16 bits per heavy atom. The maximum absolute atomic E-state index is 6.50. The van der Waals surface area contributed by atoms with Gasteiger partial charge in [-0.05, 0) is 32.1 Å². The first-order valence-electron chi connectivity index (χ1n) is 7.33. The number of hydrogen-bond donors (Lipinski definition) is 1. The van der Waals surface area contributed by atoms with Crippen molar-refractivity contribution in [3.8, 4) is 0 Å². The molecule has 5 nitrogen and oxygen atoms in total. The van der Waals surface area contributed by atoms with Gasteiger partial charge in [0.25, 0.3) is 0 Å². The SMILES string of the molecule is CC1CCCC(N)(c2noc(C3CCOC3C)n2)C1. The second-order valence-corrected chi connectivity index (χ2v) is 6.28. The Bertz CT molecular complexity index is 448. The topological polar surface area (TPSA) is 74.2 Å². The molecule has 1 aromatic rings. The molecule has 0 bridgehead atoms. The summed E-state index contributed by atoms with van der Waals surface area (Å²) in [6.07, 6.45) is 5.40. The van der Waals surface area contributed by atoms with Gasteiger partial charge in [-0.15, -0.1) is 0 Å².